The number of H-pyrrole nitrogens is 1. The Morgan fingerprint density at radius 2 is 1.96 bits per heavy atom. The summed E-state index contributed by atoms with van der Waals surface area (Å²) in [6.07, 6.45) is 3.76. The molecule has 1 aromatic heterocycles. The second kappa shape index (κ2) is 7.73. The van der Waals surface area contributed by atoms with Gasteiger partial charge < -0.3 is 19.9 Å². The molecule has 7 nitrogen and oxygen atoms in total. The first-order valence-corrected chi connectivity index (χ1v) is 9.05. The minimum absolute atomic E-state index is 0. The van der Waals surface area contributed by atoms with Gasteiger partial charge in [0.05, 0.1) is 17.6 Å². The zero-order valence-corrected chi connectivity index (χ0v) is 16.8. The lowest BCUT2D eigenvalue weighted by molar-refractivity contribution is -0.138. The number of hydrogen-bond donors (Lipinski definition) is 2. The van der Waals surface area contributed by atoms with Crippen LogP contribution in [0.5, 0.6) is 0 Å². The van der Waals surface area contributed by atoms with Crippen LogP contribution in [0.2, 0.25) is 0 Å². The largest absolute Gasteiger partial charge is 0.450 e. The molecule has 5 rings (SSSR count). The van der Waals surface area contributed by atoms with E-state index >= 15 is 0 Å². The fourth-order valence-corrected chi connectivity index (χ4v) is 4.41. The lowest BCUT2D eigenvalue weighted by Crippen LogP contribution is -2.50. The molecule has 0 radical (unpaired) electrons. The first-order chi connectivity index (χ1) is 12.7. The number of carbonyl (C=O) groups excluding carboxylic acids is 2. The van der Waals surface area contributed by atoms with Crippen molar-refractivity contribution < 1.29 is 14.3 Å². The summed E-state index contributed by atoms with van der Waals surface area (Å²) in [5.41, 5.74) is 2.88. The van der Waals surface area contributed by atoms with E-state index in [1.807, 2.05) is 29.2 Å². The number of hydrogen-bond acceptors (Lipinski definition) is 5. The number of nitrogens with zero attached hydrogens (tertiary/aromatic N) is 2. The Kier molecular flexibility index (Phi) is 5.70. The molecule has 28 heavy (non-hydrogen) atoms. The van der Waals surface area contributed by atoms with E-state index in [1.165, 1.54) is 0 Å². The quantitative estimate of drug-likeness (QED) is 0.684. The molecule has 150 valence electrons. The number of imidazole rings is 1. The monoisotopic (exact) mass is 424 g/mol. The summed E-state index contributed by atoms with van der Waals surface area (Å²) in [4.78, 5) is 34.5. The average Bonchev–Trinajstić information content (AvgIpc) is 3.26. The van der Waals surface area contributed by atoms with Crippen LogP contribution in [0.25, 0.3) is 0 Å². The average molecular weight is 425 g/mol. The van der Waals surface area contributed by atoms with Gasteiger partial charge >= 0.3 is 5.97 Å². The highest BCUT2D eigenvalue weighted by Crippen LogP contribution is 2.44. The number of halogens is 2. The molecule has 1 atom stereocenters. The number of ether oxygens (including phenoxy) is 1. The topological polar surface area (TPSA) is 87.3 Å². The van der Waals surface area contributed by atoms with Crippen molar-refractivity contribution in [2.45, 2.75) is 30.9 Å². The fourth-order valence-electron chi connectivity index (χ4n) is 4.41. The van der Waals surface area contributed by atoms with Gasteiger partial charge in [-0.1, -0.05) is 18.2 Å². The summed E-state index contributed by atoms with van der Waals surface area (Å²) in [5.74, 6) is -0.207. The van der Waals surface area contributed by atoms with Gasteiger partial charge in [0.1, 0.15) is 11.6 Å². The molecule has 9 heteroatoms. The van der Waals surface area contributed by atoms with Crippen LogP contribution in [-0.2, 0) is 21.6 Å². The van der Waals surface area contributed by atoms with Crippen molar-refractivity contribution in [1.82, 2.24) is 20.2 Å². The lowest BCUT2D eigenvalue weighted by Gasteiger charge is -2.40. The van der Waals surface area contributed by atoms with E-state index in [-0.39, 0.29) is 36.7 Å². The number of fused-ring (bicyclic) bond motifs is 3. The zero-order chi connectivity index (χ0) is 17.7. The Morgan fingerprint density at radius 3 is 2.75 bits per heavy atom. The fraction of sp³-hybridized carbons (Fsp3) is 0.421. The van der Waals surface area contributed by atoms with Gasteiger partial charge in [0, 0.05) is 50.2 Å². The summed E-state index contributed by atoms with van der Waals surface area (Å²) < 4.78 is 5.77. The maximum atomic E-state index is 13.0. The number of esters is 1. The van der Waals surface area contributed by atoms with Gasteiger partial charge in [-0.3, -0.25) is 4.79 Å². The standard InChI is InChI=1S/C19H20N4O3.2ClH/c24-17(16-15-14(5-8-20-16)21-11-22-15)23-9-6-19(7-10-23)13-4-2-1-3-12(13)18(25)26-19;;/h1-4,11,16,20H,5-10H2,(H,21,22);2*1H. The van der Waals surface area contributed by atoms with Crippen molar-refractivity contribution in [3.05, 3.63) is 53.1 Å². The summed E-state index contributed by atoms with van der Waals surface area (Å²) >= 11 is 0. The number of aromatic amines is 1. The number of carbonyl (C=O) groups is 2. The van der Waals surface area contributed by atoms with Gasteiger partial charge in [-0.2, -0.15) is 0 Å². The number of piperidine rings is 1. The van der Waals surface area contributed by atoms with E-state index in [2.05, 4.69) is 15.3 Å². The maximum absolute atomic E-state index is 13.0. The maximum Gasteiger partial charge on any atom is 0.339 e. The van der Waals surface area contributed by atoms with Crippen molar-refractivity contribution in [1.29, 1.82) is 0 Å². The second-order valence-corrected chi connectivity index (χ2v) is 7.16. The van der Waals surface area contributed by atoms with Crippen LogP contribution in [0.1, 0.15) is 46.2 Å². The number of nitrogens with one attached hydrogen (secondary N) is 2. The number of likely N-dealkylation sites (tertiary alicyclic amines) is 1. The molecule has 0 bridgehead atoms. The molecule has 1 fully saturated rings. The molecule has 4 heterocycles. The van der Waals surface area contributed by atoms with Crippen molar-refractivity contribution >= 4 is 36.7 Å². The molecule has 1 spiro atoms. The van der Waals surface area contributed by atoms with E-state index in [0.717, 1.165) is 29.9 Å². The third-order valence-corrected chi connectivity index (χ3v) is 5.80. The van der Waals surface area contributed by atoms with Crippen molar-refractivity contribution in [2.75, 3.05) is 19.6 Å². The molecule has 1 amide bonds. The molecular weight excluding hydrogens is 403 g/mol. The molecule has 3 aliphatic rings. The van der Waals surface area contributed by atoms with E-state index in [4.69, 9.17) is 4.74 Å². The van der Waals surface area contributed by atoms with Gasteiger partial charge in [-0.15, -0.1) is 24.8 Å². The van der Waals surface area contributed by atoms with Gasteiger partial charge in [-0.25, -0.2) is 9.78 Å². The third kappa shape index (κ3) is 3.07. The SMILES string of the molecule is Cl.Cl.O=C1OC2(CCN(C(=O)C3NCCc4[nH]cnc43)CC2)c2ccccc21. The molecule has 1 saturated heterocycles. The van der Waals surface area contributed by atoms with E-state index in [9.17, 15) is 9.59 Å². The molecular formula is C19H22Cl2N4O3. The number of amides is 1. The predicted molar refractivity (Wildman–Crippen MR) is 107 cm³/mol. The molecule has 2 aromatic rings. The molecule has 1 aromatic carbocycles. The van der Waals surface area contributed by atoms with E-state index < -0.39 is 11.6 Å². The molecule has 2 N–H and O–H groups in total. The number of aromatic nitrogens is 2. The van der Waals surface area contributed by atoms with Gasteiger partial charge in [0.2, 0.25) is 5.91 Å². The Bertz CT molecular complexity index is 893. The molecule has 0 saturated carbocycles. The molecule has 1 unspecified atom stereocenters. The summed E-state index contributed by atoms with van der Waals surface area (Å²) in [7, 11) is 0. The second-order valence-electron chi connectivity index (χ2n) is 7.16. The first kappa shape index (κ1) is 20.6. The highest BCUT2D eigenvalue weighted by atomic mass is 35.5. The van der Waals surface area contributed by atoms with Crippen LogP contribution in [0, 0.1) is 0 Å². The van der Waals surface area contributed by atoms with Crippen LogP contribution in [0.4, 0.5) is 0 Å². The van der Waals surface area contributed by atoms with Gasteiger partial charge in [-0.05, 0) is 6.07 Å². The number of benzene rings is 1. The Balaban J connectivity index is 0.00000112. The van der Waals surface area contributed by atoms with E-state index in [0.29, 0.717) is 31.5 Å². The highest BCUT2D eigenvalue weighted by Gasteiger charge is 2.48. The minimum Gasteiger partial charge on any atom is -0.450 e. The van der Waals surface area contributed by atoms with Crippen LogP contribution >= 0.6 is 24.8 Å². The third-order valence-electron chi connectivity index (χ3n) is 5.80. The Morgan fingerprint density at radius 1 is 1.21 bits per heavy atom. The van der Waals surface area contributed by atoms with Crippen LogP contribution in [0.15, 0.2) is 30.6 Å². The molecule has 0 aliphatic carbocycles. The van der Waals surface area contributed by atoms with E-state index in [1.54, 1.807) is 6.33 Å². The minimum atomic E-state index is -0.581. The van der Waals surface area contributed by atoms with Crippen molar-refractivity contribution in [3.8, 4) is 0 Å². The van der Waals surface area contributed by atoms with Crippen molar-refractivity contribution in [2.24, 2.45) is 0 Å². The normalized spacial score (nSPS) is 21.8. The molecule has 3 aliphatic heterocycles. The lowest BCUT2D eigenvalue weighted by atomic mass is 9.83. The Labute approximate surface area is 175 Å². The summed E-state index contributed by atoms with van der Waals surface area (Å²) in [6, 6.07) is 7.18. The van der Waals surface area contributed by atoms with Crippen LogP contribution in [0.3, 0.4) is 0 Å². The van der Waals surface area contributed by atoms with Crippen LogP contribution < -0.4 is 5.32 Å². The first-order valence-electron chi connectivity index (χ1n) is 9.05. The van der Waals surface area contributed by atoms with Gasteiger partial charge in [0.25, 0.3) is 0 Å². The van der Waals surface area contributed by atoms with Gasteiger partial charge in [0.15, 0.2) is 0 Å². The summed E-state index contributed by atoms with van der Waals surface area (Å²) in [6.45, 7) is 1.89. The highest BCUT2D eigenvalue weighted by molar-refractivity contribution is 5.94. The predicted octanol–water partition coefficient (Wildman–Crippen LogP) is 2.13. The van der Waals surface area contributed by atoms with Crippen molar-refractivity contribution in [3.63, 3.8) is 0 Å². The van der Waals surface area contributed by atoms with Crippen LogP contribution in [-0.4, -0.2) is 46.4 Å². The Hall–Kier alpha value is -2.09. The zero-order valence-electron chi connectivity index (χ0n) is 15.1. The number of rotatable bonds is 1. The summed E-state index contributed by atoms with van der Waals surface area (Å²) in [5, 5.41) is 3.28. The smallest absolute Gasteiger partial charge is 0.339 e.